The van der Waals surface area contributed by atoms with E-state index >= 15 is 0 Å². The van der Waals surface area contributed by atoms with E-state index in [2.05, 4.69) is 20.9 Å². The summed E-state index contributed by atoms with van der Waals surface area (Å²) >= 11 is 9.70. The first-order chi connectivity index (χ1) is 8.04. The van der Waals surface area contributed by atoms with Crippen molar-refractivity contribution in [3.63, 3.8) is 0 Å². The maximum Gasteiger partial charge on any atom is 0.217 e. The van der Waals surface area contributed by atoms with Gasteiger partial charge in [0.25, 0.3) is 0 Å². The van der Waals surface area contributed by atoms with Gasteiger partial charge in [-0.1, -0.05) is 11.6 Å². The molecule has 0 aliphatic heterocycles. The lowest BCUT2D eigenvalue weighted by molar-refractivity contribution is 0.541. The van der Waals surface area contributed by atoms with Crippen LogP contribution >= 0.6 is 27.5 Å². The summed E-state index contributed by atoms with van der Waals surface area (Å²) in [5.41, 5.74) is 8.47. The van der Waals surface area contributed by atoms with Gasteiger partial charge in [-0.3, -0.25) is 4.79 Å². The van der Waals surface area contributed by atoms with E-state index < -0.39 is 6.04 Å². The molecule has 0 aliphatic carbocycles. The normalized spacial score (nSPS) is 12.9. The molecule has 0 saturated heterocycles. The Morgan fingerprint density at radius 3 is 3.00 bits per heavy atom. The van der Waals surface area contributed by atoms with E-state index in [1.807, 2.05) is 19.2 Å². The number of H-pyrrole nitrogens is 1. The number of nitrogens with two attached hydrogens (primary N) is 1. The van der Waals surface area contributed by atoms with Crippen molar-refractivity contribution < 1.29 is 4.79 Å². The van der Waals surface area contributed by atoms with Gasteiger partial charge in [0.05, 0.1) is 16.6 Å². The maximum atomic E-state index is 10.5. The van der Waals surface area contributed by atoms with Crippen molar-refractivity contribution >= 4 is 44.7 Å². The zero-order chi connectivity index (χ0) is 12.6. The van der Waals surface area contributed by atoms with Gasteiger partial charge in [0, 0.05) is 16.1 Å². The van der Waals surface area contributed by atoms with Crippen LogP contribution in [-0.4, -0.2) is 17.3 Å². The second-order valence-electron chi connectivity index (χ2n) is 3.98. The van der Waals surface area contributed by atoms with Gasteiger partial charge in [0.15, 0.2) is 0 Å². The van der Waals surface area contributed by atoms with Crippen LogP contribution in [0.3, 0.4) is 0 Å². The Labute approximate surface area is 112 Å². The Morgan fingerprint density at radius 1 is 1.65 bits per heavy atom. The molecule has 3 N–H and O–H groups in total. The molecule has 17 heavy (non-hydrogen) atoms. The number of hydrogen-bond donors (Lipinski definition) is 2. The number of aromatic nitrogens is 1. The lowest BCUT2D eigenvalue weighted by atomic mass is 10.0. The van der Waals surface area contributed by atoms with Gasteiger partial charge in [-0.2, -0.15) is 0 Å². The Balaban J connectivity index is 2.62. The van der Waals surface area contributed by atoms with Crippen molar-refractivity contribution in [2.75, 3.05) is 0 Å². The number of halogens is 2. The molecule has 89 valence electrons. The summed E-state index contributed by atoms with van der Waals surface area (Å²) in [4.78, 5) is 13.6. The van der Waals surface area contributed by atoms with E-state index in [0.717, 1.165) is 26.5 Å². The fourth-order valence-corrected chi connectivity index (χ4v) is 2.75. The van der Waals surface area contributed by atoms with Crippen molar-refractivity contribution in [3.8, 4) is 0 Å². The summed E-state index contributed by atoms with van der Waals surface area (Å²) in [7, 11) is 0. The first-order valence-corrected chi connectivity index (χ1v) is 6.29. The Bertz CT molecular complexity index is 579. The van der Waals surface area contributed by atoms with Gasteiger partial charge in [0.1, 0.15) is 0 Å². The average Bonchev–Trinajstić information content (AvgIpc) is 2.70. The first kappa shape index (κ1) is 12.6. The molecule has 0 fully saturated rings. The van der Waals surface area contributed by atoms with E-state index in [1.54, 1.807) is 6.29 Å². The predicted octanol–water partition coefficient (Wildman–Crippen LogP) is 2.87. The fourth-order valence-electron chi connectivity index (χ4n) is 1.87. The topological polar surface area (TPSA) is 58.9 Å². The molecule has 1 aromatic carbocycles. The zero-order valence-electron chi connectivity index (χ0n) is 9.18. The van der Waals surface area contributed by atoms with E-state index in [0.29, 0.717) is 11.4 Å². The fraction of sp³-hybridized carbons (Fsp3) is 0.250. The van der Waals surface area contributed by atoms with Gasteiger partial charge >= 0.3 is 0 Å². The van der Waals surface area contributed by atoms with Crippen LogP contribution in [0, 0.1) is 6.92 Å². The number of rotatable bonds is 3. The number of aromatic amines is 1. The molecule has 1 radical (unpaired) electrons. The minimum Gasteiger partial charge on any atom is -0.360 e. The monoisotopic (exact) mass is 313 g/mol. The molecule has 1 atom stereocenters. The highest BCUT2D eigenvalue weighted by molar-refractivity contribution is 9.10. The molecule has 2 rings (SSSR count). The molecule has 0 unspecified atom stereocenters. The Hall–Kier alpha value is -0.840. The van der Waals surface area contributed by atoms with Crippen LogP contribution in [0.25, 0.3) is 10.9 Å². The molecule has 5 heteroatoms. The highest BCUT2D eigenvalue weighted by Gasteiger charge is 2.14. The smallest absolute Gasteiger partial charge is 0.217 e. The lowest BCUT2D eigenvalue weighted by Gasteiger charge is -2.06. The van der Waals surface area contributed by atoms with Crippen LogP contribution in [-0.2, 0) is 11.2 Å². The standard InChI is InChI=1S/C12H11BrClN2O/c1-6-2-9(14)12-10(11(6)13)7(4-16-12)3-8(15)5-17/h2,4,8,16H,3,15H2,1H3/t8-/m0/s1. The molecule has 0 saturated carbocycles. The molecular weight excluding hydrogens is 304 g/mol. The van der Waals surface area contributed by atoms with E-state index in [-0.39, 0.29) is 0 Å². The molecule has 0 amide bonds. The van der Waals surface area contributed by atoms with E-state index in [4.69, 9.17) is 17.3 Å². The number of benzene rings is 1. The summed E-state index contributed by atoms with van der Waals surface area (Å²) in [5, 5.41) is 1.65. The number of hydrogen-bond acceptors (Lipinski definition) is 2. The van der Waals surface area contributed by atoms with E-state index in [9.17, 15) is 4.79 Å². The Kier molecular flexibility index (Phi) is 3.56. The van der Waals surface area contributed by atoms with Crippen LogP contribution in [0.4, 0.5) is 0 Å². The zero-order valence-corrected chi connectivity index (χ0v) is 11.5. The number of aryl methyl sites for hydroxylation is 1. The number of fused-ring (bicyclic) bond motifs is 1. The van der Waals surface area contributed by atoms with Crippen LogP contribution < -0.4 is 5.73 Å². The molecule has 3 nitrogen and oxygen atoms in total. The van der Waals surface area contributed by atoms with Gasteiger partial charge in [-0.05, 0) is 46.5 Å². The molecular formula is C12H11BrClN2O. The second-order valence-corrected chi connectivity index (χ2v) is 5.18. The molecule has 1 heterocycles. The van der Waals surface area contributed by atoms with Crippen LogP contribution in [0.5, 0.6) is 0 Å². The van der Waals surface area contributed by atoms with Gasteiger partial charge < -0.3 is 10.7 Å². The quantitative estimate of drug-likeness (QED) is 0.915. The molecule has 2 aromatic rings. The van der Waals surface area contributed by atoms with Gasteiger partial charge in [0.2, 0.25) is 6.29 Å². The molecule has 0 spiro atoms. The largest absolute Gasteiger partial charge is 0.360 e. The summed E-state index contributed by atoms with van der Waals surface area (Å²) in [6.07, 6.45) is 4.06. The average molecular weight is 315 g/mol. The van der Waals surface area contributed by atoms with Gasteiger partial charge in [-0.25, -0.2) is 0 Å². The Morgan fingerprint density at radius 2 is 2.35 bits per heavy atom. The van der Waals surface area contributed by atoms with Crippen molar-refractivity contribution in [2.24, 2.45) is 5.73 Å². The third-order valence-electron chi connectivity index (χ3n) is 2.70. The van der Waals surface area contributed by atoms with Crippen molar-refractivity contribution in [2.45, 2.75) is 19.4 Å². The SMILES string of the molecule is Cc1cc(Cl)c2[nH]cc(C[C@H](N)[C]=O)c2c1Br. The van der Waals surface area contributed by atoms with Crippen molar-refractivity contribution in [3.05, 3.63) is 32.9 Å². The minimum atomic E-state index is -0.611. The summed E-state index contributed by atoms with van der Waals surface area (Å²) in [5.74, 6) is 0. The first-order valence-electron chi connectivity index (χ1n) is 5.12. The highest BCUT2D eigenvalue weighted by Crippen LogP contribution is 2.35. The van der Waals surface area contributed by atoms with E-state index in [1.165, 1.54) is 0 Å². The van der Waals surface area contributed by atoms with Crippen LogP contribution in [0.2, 0.25) is 5.02 Å². The van der Waals surface area contributed by atoms with Crippen molar-refractivity contribution in [1.29, 1.82) is 0 Å². The highest BCUT2D eigenvalue weighted by atomic mass is 79.9. The third kappa shape index (κ3) is 2.25. The van der Waals surface area contributed by atoms with Crippen LogP contribution in [0.1, 0.15) is 11.1 Å². The number of carbonyl (C=O) groups excluding carboxylic acids is 1. The summed E-state index contributed by atoms with van der Waals surface area (Å²) in [6, 6.07) is 1.28. The second kappa shape index (κ2) is 4.80. The number of nitrogens with one attached hydrogen (secondary N) is 1. The van der Waals surface area contributed by atoms with Crippen molar-refractivity contribution in [1.82, 2.24) is 4.98 Å². The third-order valence-corrected chi connectivity index (χ3v) is 4.02. The lowest BCUT2D eigenvalue weighted by Crippen LogP contribution is -2.23. The summed E-state index contributed by atoms with van der Waals surface area (Å²) in [6.45, 7) is 1.97. The van der Waals surface area contributed by atoms with Gasteiger partial charge in [-0.15, -0.1) is 0 Å². The van der Waals surface area contributed by atoms with Crippen LogP contribution in [0.15, 0.2) is 16.7 Å². The molecule has 0 aliphatic rings. The maximum absolute atomic E-state index is 10.5. The molecule has 0 bridgehead atoms. The predicted molar refractivity (Wildman–Crippen MR) is 73.1 cm³/mol. The summed E-state index contributed by atoms with van der Waals surface area (Å²) < 4.78 is 0.978. The minimum absolute atomic E-state index is 0.446. The molecule has 1 aromatic heterocycles.